The Morgan fingerprint density at radius 3 is 2.46 bits per heavy atom. The first-order valence-corrected chi connectivity index (χ1v) is 5.41. The van der Waals surface area contributed by atoms with E-state index in [-0.39, 0.29) is 0 Å². The van der Waals surface area contributed by atoms with E-state index in [9.17, 15) is 4.39 Å². The Bertz CT molecular complexity index is 123. The van der Waals surface area contributed by atoms with Crippen LogP contribution in [-0.4, -0.2) is 18.8 Å². The van der Waals surface area contributed by atoms with Gasteiger partial charge in [-0.1, -0.05) is 20.8 Å². The van der Waals surface area contributed by atoms with Crippen molar-refractivity contribution in [3.8, 4) is 0 Å². The van der Waals surface area contributed by atoms with E-state index in [0.29, 0.717) is 18.8 Å². The third kappa shape index (κ3) is 7.00. The fraction of sp³-hybridized carbons (Fsp3) is 1.00. The zero-order valence-corrected chi connectivity index (χ0v) is 9.49. The molecule has 0 amide bonds. The molecule has 80 valence electrons. The van der Waals surface area contributed by atoms with Crippen LogP contribution in [0, 0.1) is 5.92 Å². The van der Waals surface area contributed by atoms with E-state index in [0.717, 1.165) is 19.5 Å². The Kier molecular flexibility index (Phi) is 6.31. The monoisotopic (exact) mass is 189 g/mol. The first kappa shape index (κ1) is 12.9. The van der Waals surface area contributed by atoms with Crippen LogP contribution in [0.3, 0.4) is 0 Å². The van der Waals surface area contributed by atoms with Crippen molar-refractivity contribution in [2.75, 3.05) is 13.1 Å². The summed E-state index contributed by atoms with van der Waals surface area (Å²) in [4.78, 5) is 0. The second kappa shape index (κ2) is 6.36. The van der Waals surface area contributed by atoms with Crippen molar-refractivity contribution in [2.45, 2.75) is 52.6 Å². The van der Waals surface area contributed by atoms with Crippen LogP contribution in [0.1, 0.15) is 47.0 Å². The van der Waals surface area contributed by atoms with Gasteiger partial charge >= 0.3 is 0 Å². The van der Waals surface area contributed by atoms with Crippen LogP contribution in [-0.2, 0) is 0 Å². The zero-order chi connectivity index (χ0) is 10.3. The molecule has 0 aliphatic heterocycles. The summed E-state index contributed by atoms with van der Waals surface area (Å²) in [6.45, 7) is 9.83. The van der Waals surface area contributed by atoms with Gasteiger partial charge in [0.2, 0.25) is 0 Å². The quantitative estimate of drug-likeness (QED) is 0.607. The zero-order valence-electron chi connectivity index (χ0n) is 9.49. The Hall–Kier alpha value is -0.110. The second-order valence-electron chi connectivity index (χ2n) is 4.28. The molecule has 0 bridgehead atoms. The van der Waals surface area contributed by atoms with Gasteiger partial charge in [-0.15, -0.1) is 0 Å². The predicted molar refractivity (Wildman–Crippen MR) is 56.7 cm³/mol. The molecular weight excluding hydrogens is 165 g/mol. The molecule has 2 atom stereocenters. The Labute approximate surface area is 82.1 Å². The molecule has 1 N–H and O–H groups in total. The molecule has 0 spiro atoms. The van der Waals surface area contributed by atoms with E-state index in [1.807, 2.05) is 6.92 Å². The SMILES string of the molecule is CCCNCC(C)CC(C)(F)CC. The Morgan fingerprint density at radius 2 is 2.00 bits per heavy atom. The lowest BCUT2D eigenvalue weighted by molar-refractivity contribution is 0.143. The molecule has 1 nitrogen and oxygen atoms in total. The van der Waals surface area contributed by atoms with Gasteiger partial charge in [0, 0.05) is 0 Å². The summed E-state index contributed by atoms with van der Waals surface area (Å²) in [7, 11) is 0. The summed E-state index contributed by atoms with van der Waals surface area (Å²) in [5.74, 6) is 0.432. The maximum absolute atomic E-state index is 13.6. The van der Waals surface area contributed by atoms with E-state index in [2.05, 4.69) is 19.2 Å². The predicted octanol–water partition coefficient (Wildman–Crippen LogP) is 3.15. The molecule has 0 heterocycles. The van der Waals surface area contributed by atoms with E-state index >= 15 is 0 Å². The topological polar surface area (TPSA) is 12.0 Å². The van der Waals surface area contributed by atoms with Gasteiger partial charge in [-0.25, -0.2) is 4.39 Å². The van der Waals surface area contributed by atoms with E-state index in [1.165, 1.54) is 0 Å². The van der Waals surface area contributed by atoms with E-state index in [4.69, 9.17) is 0 Å². The average molecular weight is 189 g/mol. The lowest BCUT2D eigenvalue weighted by Gasteiger charge is -2.22. The van der Waals surface area contributed by atoms with Crippen LogP contribution in [0.5, 0.6) is 0 Å². The normalized spacial score (nSPS) is 18.2. The van der Waals surface area contributed by atoms with Gasteiger partial charge in [0.25, 0.3) is 0 Å². The molecule has 0 saturated heterocycles. The number of hydrogen-bond acceptors (Lipinski definition) is 1. The molecule has 2 unspecified atom stereocenters. The van der Waals surface area contributed by atoms with Crippen molar-refractivity contribution >= 4 is 0 Å². The Balaban J connectivity index is 3.55. The first-order valence-electron chi connectivity index (χ1n) is 5.41. The summed E-state index contributed by atoms with van der Waals surface area (Å²) >= 11 is 0. The average Bonchev–Trinajstić information content (AvgIpc) is 2.04. The van der Waals surface area contributed by atoms with Crippen LogP contribution >= 0.6 is 0 Å². The molecule has 0 radical (unpaired) electrons. The Morgan fingerprint density at radius 1 is 1.38 bits per heavy atom. The minimum Gasteiger partial charge on any atom is -0.316 e. The van der Waals surface area contributed by atoms with Crippen molar-refractivity contribution < 1.29 is 4.39 Å². The highest BCUT2D eigenvalue weighted by Crippen LogP contribution is 2.23. The highest BCUT2D eigenvalue weighted by Gasteiger charge is 2.22. The smallest absolute Gasteiger partial charge is 0.108 e. The summed E-state index contributed by atoms with van der Waals surface area (Å²) in [5.41, 5.74) is -0.979. The van der Waals surface area contributed by atoms with Gasteiger partial charge < -0.3 is 5.32 Å². The van der Waals surface area contributed by atoms with Gasteiger partial charge in [-0.3, -0.25) is 0 Å². The largest absolute Gasteiger partial charge is 0.316 e. The molecule has 0 aliphatic carbocycles. The molecule has 0 rings (SSSR count). The molecule has 0 aromatic rings. The van der Waals surface area contributed by atoms with Crippen molar-refractivity contribution in [1.29, 1.82) is 0 Å². The van der Waals surface area contributed by atoms with Crippen molar-refractivity contribution in [2.24, 2.45) is 5.92 Å². The molecule has 0 aromatic heterocycles. The number of hydrogen-bond donors (Lipinski definition) is 1. The maximum Gasteiger partial charge on any atom is 0.108 e. The third-order valence-corrected chi connectivity index (χ3v) is 2.43. The molecule has 0 aliphatic rings. The summed E-state index contributed by atoms with van der Waals surface area (Å²) in [5, 5.41) is 3.31. The van der Waals surface area contributed by atoms with Gasteiger partial charge in [-0.2, -0.15) is 0 Å². The summed E-state index contributed by atoms with van der Waals surface area (Å²) in [6.07, 6.45) is 2.43. The van der Waals surface area contributed by atoms with Crippen LogP contribution in [0.4, 0.5) is 4.39 Å². The van der Waals surface area contributed by atoms with E-state index in [1.54, 1.807) is 6.92 Å². The minimum absolute atomic E-state index is 0.432. The number of halogens is 1. The lowest BCUT2D eigenvalue weighted by Crippen LogP contribution is -2.28. The number of alkyl halides is 1. The highest BCUT2D eigenvalue weighted by atomic mass is 19.1. The first-order chi connectivity index (χ1) is 6.02. The van der Waals surface area contributed by atoms with Gasteiger partial charge in [0.05, 0.1) is 0 Å². The minimum atomic E-state index is -0.979. The van der Waals surface area contributed by atoms with Crippen molar-refractivity contribution in [3.05, 3.63) is 0 Å². The number of rotatable bonds is 7. The number of nitrogens with one attached hydrogen (secondary N) is 1. The second-order valence-corrected chi connectivity index (χ2v) is 4.28. The molecule has 0 saturated carbocycles. The molecule has 0 fully saturated rings. The molecule has 0 aromatic carbocycles. The van der Waals surface area contributed by atoms with Crippen LogP contribution in [0.25, 0.3) is 0 Å². The van der Waals surface area contributed by atoms with Gasteiger partial charge in [-0.05, 0) is 45.2 Å². The van der Waals surface area contributed by atoms with Crippen LogP contribution in [0.15, 0.2) is 0 Å². The standard InChI is InChI=1S/C11H24FN/c1-5-7-13-9-10(3)8-11(4,12)6-2/h10,13H,5-9H2,1-4H3. The van der Waals surface area contributed by atoms with Crippen molar-refractivity contribution in [3.63, 3.8) is 0 Å². The van der Waals surface area contributed by atoms with Crippen molar-refractivity contribution in [1.82, 2.24) is 5.32 Å². The van der Waals surface area contributed by atoms with E-state index < -0.39 is 5.67 Å². The summed E-state index contributed by atoms with van der Waals surface area (Å²) in [6, 6.07) is 0. The molecule has 13 heavy (non-hydrogen) atoms. The third-order valence-electron chi connectivity index (χ3n) is 2.43. The maximum atomic E-state index is 13.6. The highest BCUT2D eigenvalue weighted by molar-refractivity contribution is 4.74. The fourth-order valence-electron chi connectivity index (χ4n) is 1.47. The lowest BCUT2D eigenvalue weighted by atomic mass is 9.92. The molecule has 2 heteroatoms. The summed E-state index contributed by atoms with van der Waals surface area (Å²) < 4.78 is 13.6. The van der Waals surface area contributed by atoms with Crippen LogP contribution < -0.4 is 5.32 Å². The van der Waals surface area contributed by atoms with Gasteiger partial charge in [0.15, 0.2) is 0 Å². The van der Waals surface area contributed by atoms with Gasteiger partial charge in [0.1, 0.15) is 5.67 Å². The fourth-order valence-corrected chi connectivity index (χ4v) is 1.47. The van der Waals surface area contributed by atoms with Crippen LogP contribution in [0.2, 0.25) is 0 Å². The molecular formula is C11H24FN.